The normalized spacial score (nSPS) is 27.4. The zero-order chi connectivity index (χ0) is 12.8. The molecule has 1 aromatic heterocycles. The van der Waals surface area contributed by atoms with Gasteiger partial charge in [0.1, 0.15) is 11.6 Å². The molecule has 0 N–H and O–H groups in total. The molecule has 98 valence electrons. The molecule has 2 fully saturated rings. The first-order valence-electron chi connectivity index (χ1n) is 6.74. The molecule has 0 aromatic carbocycles. The van der Waals surface area contributed by atoms with Gasteiger partial charge in [0.25, 0.3) is 0 Å². The fourth-order valence-electron chi connectivity index (χ4n) is 3.15. The van der Waals surface area contributed by atoms with Crippen molar-refractivity contribution in [3.05, 3.63) is 17.1 Å². The molecule has 1 atom stereocenters. The van der Waals surface area contributed by atoms with Gasteiger partial charge in [-0.3, -0.25) is 0 Å². The highest BCUT2D eigenvalue weighted by atomic mass is 16.5. The number of aromatic nitrogens is 2. The third-order valence-corrected chi connectivity index (χ3v) is 4.40. The van der Waals surface area contributed by atoms with Gasteiger partial charge < -0.3 is 9.64 Å². The smallest absolute Gasteiger partial charge is 0.135 e. The van der Waals surface area contributed by atoms with Crippen molar-refractivity contribution in [2.75, 3.05) is 31.2 Å². The van der Waals surface area contributed by atoms with E-state index in [9.17, 15) is 0 Å². The zero-order valence-electron chi connectivity index (χ0n) is 11.5. The minimum absolute atomic E-state index is 0.388. The maximum Gasteiger partial charge on any atom is 0.135 e. The molecule has 1 spiro atoms. The predicted octanol–water partition coefficient (Wildman–Crippen LogP) is 2.02. The van der Waals surface area contributed by atoms with Crippen LogP contribution in [0.3, 0.4) is 0 Å². The van der Waals surface area contributed by atoms with E-state index in [0.29, 0.717) is 5.41 Å². The topological polar surface area (TPSA) is 38.2 Å². The molecule has 3 heterocycles. The van der Waals surface area contributed by atoms with Crippen LogP contribution >= 0.6 is 0 Å². The first-order chi connectivity index (χ1) is 8.60. The van der Waals surface area contributed by atoms with Gasteiger partial charge in [-0.15, -0.1) is 0 Å². The average Bonchev–Trinajstić information content (AvgIpc) is 2.95. The van der Waals surface area contributed by atoms with E-state index < -0.39 is 0 Å². The second-order valence-electron chi connectivity index (χ2n) is 5.78. The minimum Gasteiger partial charge on any atom is -0.381 e. The maximum absolute atomic E-state index is 5.58. The van der Waals surface area contributed by atoms with Crippen LogP contribution in [0.1, 0.15) is 29.9 Å². The van der Waals surface area contributed by atoms with E-state index in [-0.39, 0.29) is 0 Å². The van der Waals surface area contributed by atoms with E-state index in [1.165, 1.54) is 18.4 Å². The number of rotatable bonds is 1. The molecule has 2 aliphatic rings. The van der Waals surface area contributed by atoms with Gasteiger partial charge in [0.2, 0.25) is 0 Å². The summed E-state index contributed by atoms with van der Waals surface area (Å²) < 4.78 is 5.58. The predicted molar refractivity (Wildman–Crippen MR) is 70.9 cm³/mol. The Morgan fingerprint density at radius 1 is 1.17 bits per heavy atom. The van der Waals surface area contributed by atoms with Gasteiger partial charge >= 0.3 is 0 Å². The number of hydrogen-bond acceptors (Lipinski definition) is 4. The van der Waals surface area contributed by atoms with Crippen molar-refractivity contribution in [1.82, 2.24) is 9.97 Å². The lowest BCUT2D eigenvalue weighted by atomic mass is 9.87. The third-order valence-electron chi connectivity index (χ3n) is 4.40. The van der Waals surface area contributed by atoms with E-state index in [4.69, 9.17) is 4.74 Å². The summed E-state index contributed by atoms with van der Waals surface area (Å²) in [6, 6.07) is 0. The van der Waals surface area contributed by atoms with Crippen molar-refractivity contribution in [3.63, 3.8) is 0 Å². The molecular weight excluding hydrogens is 226 g/mol. The Morgan fingerprint density at radius 3 is 2.72 bits per heavy atom. The molecule has 4 heteroatoms. The monoisotopic (exact) mass is 247 g/mol. The summed E-state index contributed by atoms with van der Waals surface area (Å²) in [6.45, 7) is 10.2. The van der Waals surface area contributed by atoms with Crippen molar-refractivity contribution in [2.45, 2.75) is 33.6 Å². The number of nitrogens with zero attached hydrogens (tertiary/aromatic N) is 3. The summed E-state index contributed by atoms with van der Waals surface area (Å²) in [5.74, 6) is 2.00. The third kappa shape index (κ3) is 1.88. The minimum atomic E-state index is 0.388. The van der Waals surface area contributed by atoms with E-state index in [1.807, 2.05) is 6.92 Å². The second kappa shape index (κ2) is 4.19. The molecule has 0 aliphatic carbocycles. The molecular formula is C14H21N3O. The Labute approximate surface area is 108 Å². The van der Waals surface area contributed by atoms with Crippen LogP contribution in [0.15, 0.2) is 0 Å². The quantitative estimate of drug-likeness (QED) is 0.761. The van der Waals surface area contributed by atoms with Crippen molar-refractivity contribution in [2.24, 2.45) is 5.41 Å². The van der Waals surface area contributed by atoms with Gasteiger partial charge in [-0.1, -0.05) is 0 Å². The van der Waals surface area contributed by atoms with Crippen LogP contribution in [0.4, 0.5) is 5.82 Å². The lowest BCUT2D eigenvalue weighted by Gasteiger charge is -2.24. The van der Waals surface area contributed by atoms with E-state index >= 15 is 0 Å². The molecule has 2 saturated heterocycles. The summed E-state index contributed by atoms with van der Waals surface area (Å²) in [6.07, 6.45) is 2.43. The molecule has 0 amide bonds. The van der Waals surface area contributed by atoms with Gasteiger partial charge in [-0.2, -0.15) is 0 Å². The number of anilines is 1. The first kappa shape index (κ1) is 11.9. The van der Waals surface area contributed by atoms with Gasteiger partial charge in [0.15, 0.2) is 0 Å². The standard InChI is InChI=1S/C14H21N3O/c1-10-11(2)15-12(3)16-13(10)17-6-4-14(8-17)5-7-18-9-14/h4-9H2,1-3H3/t14-/m0/s1. The summed E-state index contributed by atoms with van der Waals surface area (Å²) in [5, 5.41) is 0. The zero-order valence-corrected chi connectivity index (χ0v) is 11.5. The molecule has 3 rings (SSSR count). The summed E-state index contributed by atoms with van der Waals surface area (Å²) in [7, 11) is 0. The summed E-state index contributed by atoms with van der Waals surface area (Å²) in [4.78, 5) is 11.5. The highest BCUT2D eigenvalue weighted by molar-refractivity contribution is 5.49. The highest BCUT2D eigenvalue weighted by Gasteiger charge is 2.42. The lowest BCUT2D eigenvalue weighted by Crippen LogP contribution is -2.28. The van der Waals surface area contributed by atoms with Crippen LogP contribution in [0.25, 0.3) is 0 Å². The van der Waals surface area contributed by atoms with Gasteiger partial charge in [0, 0.05) is 36.4 Å². The molecule has 4 nitrogen and oxygen atoms in total. The van der Waals surface area contributed by atoms with Crippen molar-refractivity contribution in [3.8, 4) is 0 Å². The van der Waals surface area contributed by atoms with Crippen molar-refractivity contribution >= 4 is 5.82 Å². The molecule has 0 saturated carbocycles. The maximum atomic E-state index is 5.58. The Morgan fingerprint density at radius 2 is 2.00 bits per heavy atom. The van der Waals surface area contributed by atoms with Crippen LogP contribution in [0, 0.1) is 26.2 Å². The average molecular weight is 247 g/mol. The summed E-state index contributed by atoms with van der Waals surface area (Å²) >= 11 is 0. The summed E-state index contributed by atoms with van der Waals surface area (Å²) in [5.41, 5.74) is 2.71. The van der Waals surface area contributed by atoms with Gasteiger partial charge in [-0.05, 0) is 33.6 Å². The molecule has 18 heavy (non-hydrogen) atoms. The Bertz CT molecular complexity index is 466. The van der Waals surface area contributed by atoms with Crippen LogP contribution in [-0.4, -0.2) is 36.3 Å². The molecule has 0 radical (unpaired) electrons. The molecule has 2 aliphatic heterocycles. The Kier molecular flexibility index (Phi) is 2.77. The van der Waals surface area contributed by atoms with Crippen molar-refractivity contribution in [1.29, 1.82) is 0 Å². The van der Waals surface area contributed by atoms with Crippen LogP contribution in [0.2, 0.25) is 0 Å². The van der Waals surface area contributed by atoms with Gasteiger partial charge in [0.05, 0.1) is 6.61 Å². The molecule has 0 unspecified atom stereocenters. The van der Waals surface area contributed by atoms with Crippen LogP contribution < -0.4 is 4.90 Å². The van der Waals surface area contributed by atoms with E-state index in [0.717, 1.165) is 43.6 Å². The van der Waals surface area contributed by atoms with E-state index in [2.05, 4.69) is 28.7 Å². The molecule has 1 aromatic rings. The van der Waals surface area contributed by atoms with Gasteiger partial charge in [-0.25, -0.2) is 9.97 Å². The first-order valence-corrected chi connectivity index (χ1v) is 6.74. The fourth-order valence-corrected chi connectivity index (χ4v) is 3.15. The Hall–Kier alpha value is -1.16. The number of hydrogen-bond donors (Lipinski definition) is 0. The number of aryl methyl sites for hydroxylation is 2. The van der Waals surface area contributed by atoms with Crippen LogP contribution in [-0.2, 0) is 4.74 Å². The molecule has 0 bridgehead atoms. The second-order valence-corrected chi connectivity index (χ2v) is 5.78. The SMILES string of the molecule is Cc1nc(C)c(C)c(N2CC[C@]3(CCOC3)C2)n1. The largest absolute Gasteiger partial charge is 0.381 e. The Balaban J connectivity index is 1.88. The van der Waals surface area contributed by atoms with E-state index in [1.54, 1.807) is 0 Å². The fraction of sp³-hybridized carbons (Fsp3) is 0.714. The van der Waals surface area contributed by atoms with Crippen molar-refractivity contribution < 1.29 is 4.74 Å². The highest BCUT2D eigenvalue weighted by Crippen LogP contribution is 2.40. The van der Waals surface area contributed by atoms with Crippen LogP contribution in [0.5, 0.6) is 0 Å². The lowest BCUT2D eigenvalue weighted by molar-refractivity contribution is 0.160. The number of ether oxygens (including phenoxy) is 1.